The average molecular weight is 261 g/mol. The lowest BCUT2D eigenvalue weighted by atomic mass is 10.3. The van der Waals surface area contributed by atoms with Crippen LogP contribution in [0, 0.1) is 0 Å². The zero-order valence-electron chi connectivity index (χ0n) is 9.95. The van der Waals surface area contributed by atoms with Crippen molar-refractivity contribution in [1.82, 2.24) is 9.97 Å². The van der Waals surface area contributed by atoms with E-state index >= 15 is 0 Å². The zero-order chi connectivity index (χ0) is 12.6. The van der Waals surface area contributed by atoms with Gasteiger partial charge in [-0.1, -0.05) is 6.07 Å². The Balaban J connectivity index is 1.65. The number of hydrogen-bond donors (Lipinski definition) is 1. The Morgan fingerprint density at radius 2 is 2.22 bits per heavy atom. The van der Waals surface area contributed by atoms with Crippen LogP contribution >= 0.6 is 11.8 Å². The van der Waals surface area contributed by atoms with Crippen LogP contribution in [-0.4, -0.2) is 22.3 Å². The van der Waals surface area contributed by atoms with Gasteiger partial charge < -0.3 is 10.5 Å². The van der Waals surface area contributed by atoms with Crippen LogP contribution in [0.25, 0.3) is 0 Å². The van der Waals surface area contributed by atoms with Crippen molar-refractivity contribution in [1.29, 1.82) is 0 Å². The SMILES string of the molecule is Nc1cccc(OCCCSc2cnccn2)c1. The highest BCUT2D eigenvalue weighted by atomic mass is 32.2. The number of aromatic nitrogens is 2. The minimum absolute atomic E-state index is 0.677. The summed E-state index contributed by atoms with van der Waals surface area (Å²) in [7, 11) is 0. The molecule has 2 N–H and O–H groups in total. The van der Waals surface area contributed by atoms with Crippen LogP contribution in [-0.2, 0) is 0 Å². The predicted molar refractivity (Wildman–Crippen MR) is 73.7 cm³/mol. The van der Waals surface area contributed by atoms with Gasteiger partial charge >= 0.3 is 0 Å². The molecule has 0 aliphatic rings. The van der Waals surface area contributed by atoms with Gasteiger partial charge in [-0.15, -0.1) is 11.8 Å². The third-order valence-electron chi connectivity index (χ3n) is 2.20. The van der Waals surface area contributed by atoms with Gasteiger partial charge in [0.25, 0.3) is 0 Å². The normalized spacial score (nSPS) is 10.2. The minimum Gasteiger partial charge on any atom is -0.493 e. The summed E-state index contributed by atoms with van der Waals surface area (Å²) in [6.45, 7) is 0.677. The molecule has 1 aromatic carbocycles. The number of nitrogens with zero attached hydrogens (tertiary/aromatic N) is 2. The van der Waals surface area contributed by atoms with Crippen LogP contribution in [0.4, 0.5) is 5.69 Å². The van der Waals surface area contributed by atoms with E-state index in [1.807, 2.05) is 24.3 Å². The summed E-state index contributed by atoms with van der Waals surface area (Å²) < 4.78 is 5.60. The van der Waals surface area contributed by atoms with Gasteiger partial charge in [-0.2, -0.15) is 0 Å². The van der Waals surface area contributed by atoms with Gasteiger partial charge in [0.05, 0.1) is 12.8 Å². The van der Waals surface area contributed by atoms with E-state index in [0.29, 0.717) is 6.61 Å². The molecule has 0 fully saturated rings. The highest BCUT2D eigenvalue weighted by Gasteiger charge is 1.97. The number of hydrogen-bond acceptors (Lipinski definition) is 5. The summed E-state index contributed by atoms with van der Waals surface area (Å²) in [6, 6.07) is 7.47. The Labute approximate surface area is 111 Å². The van der Waals surface area contributed by atoms with Crippen molar-refractivity contribution in [3.63, 3.8) is 0 Å². The Bertz CT molecular complexity index is 479. The van der Waals surface area contributed by atoms with E-state index < -0.39 is 0 Å². The summed E-state index contributed by atoms with van der Waals surface area (Å²) in [4.78, 5) is 8.20. The van der Waals surface area contributed by atoms with Crippen LogP contribution < -0.4 is 10.5 Å². The molecule has 94 valence electrons. The molecule has 2 aromatic rings. The fraction of sp³-hybridized carbons (Fsp3) is 0.231. The quantitative estimate of drug-likeness (QED) is 0.492. The van der Waals surface area contributed by atoms with Crippen LogP contribution in [0.1, 0.15) is 6.42 Å². The van der Waals surface area contributed by atoms with Crippen molar-refractivity contribution >= 4 is 17.4 Å². The van der Waals surface area contributed by atoms with Gasteiger partial charge in [-0.3, -0.25) is 4.98 Å². The third kappa shape index (κ3) is 4.25. The highest BCUT2D eigenvalue weighted by Crippen LogP contribution is 2.16. The van der Waals surface area contributed by atoms with E-state index in [2.05, 4.69) is 9.97 Å². The van der Waals surface area contributed by atoms with E-state index in [4.69, 9.17) is 10.5 Å². The number of nitrogen functional groups attached to an aromatic ring is 1. The van der Waals surface area contributed by atoms with Crippen molar-refractivity contribution in [2.45, 2.75) is 11.4 Å². The van der Waals surface area contributed by atoms with Gasteiger partial charge in [0, 0.05) is 29.9 Å². The van der Waals surface area contributed by atoms with Gasteiger partial charge in [-0.05, 0) is 18.6 Å². The molecule has 1 aromatic heterocycles. The lowest BCUT2D eigenvalue weighted by Crippen LogP contribution is -1.99. The van der Waals surface area contributed by atoms with E-state index in [1.54, 1.807) is 30.4 Å². The monoisotopic (exact) mass is 261 g/mol. The van der Waals surface area contributed by atoms with Gasteiger partial charge in [0.1, 0.15) is 10.8 Å². The second-order valence-electron chi connectivity index (χ2n) is 3.67. The summed E-state index contributed by atoms with van der Waals surface area (Å²) >= 11 is 1.68. The fourth-order valence-corrected chi connectivity index (χ4v) is 2.13. The maximum Gasteiger partial charge on any atom is 0.121 e. The van der Waals surface area contributed by atoms with Crippen molar-refractivity contribution in [3.8, 4) is 5.75 Å². The molecule has 0 aliphatic carbocycles. The van der Waals surface area contributed by atoms with Gasteiger partial charge in [0.15, 0.2) is 0 Å². The van der Waals surface area contributed by atoms with Gasteiger partial charge in [0.2, 0.25) is 0 Å². The molecule has 18 heavy (non-hydrogen) atoms. The number of ether oxygens (including phenoxy) is 1. The maximum atomic E-state index is 5.67. The highest BCUT2D eigenvalue weighted by molar-refractivity contribution is 7.99. The smallest absolute Gasteiger partial charge is 0.121 e. The van der Waals surface area contributed by atoms with Crippen molar-refractivity contribution in [2.75, 3.05) is 18.1 Å². The second kappa shape index (κ2) is 6.86. The largest absolute Gasteiger partial charge is 0.493 e. The molecule has 0 saturated heterocycles. The lowest BCUT2D eigenvalue weighted by molar-refractivity contribution is 0.319. The summed E-state index contributed by atoms with van der Waals surface area (Å²) in [5.41, 5.74) is 6.39. The summed E-state index contributed by atoms with van der Waals surface area (Å²) in [6.07, 6.45) is 6.10. The Morgan fingerprint density at radius 3 is 3.00 bits per heavy atom. The van der Waals surface area contributed by atoms with Crippen LogP contribution in [0.2, 0.25) is 0 Å². The van der Waals surface area contributed by atoms with E-state index in [9.17, 15) is 0 Å². The molecule has 0 amide bonds. The third-order valence-corrected chi connectivity index (χ3v) is 3.20. The van der Waals surface area contributed by atoms with Gasteiger partial charge in [-0.25, -0.2) is 4.98 Å². The molecule has 1 heterocycles. The van der Waals surface area contributed by atoms with Crippen LogP contribution in [0.15, 0.2) is 47.9 Å². The summed E-state index contributed by atoms with van der Waals surface area (Å²) in [5.74, 6) is 1.78. The first-order valence-electron chi connectivity index (χ1n) is 5.72. The summed E-state index contributed by atoms with van der Waals surface area (Å²) in [5, 5.41) is 0.946. The van der Waals surface area contributed by atoms with Crippen molar-refractivity contribution in [2.24, 2.45) is 0 Å². The molecule has 0 aliphatic heterocycles. The lowest BCUT2D eigenvalue weighted by Gasteiger charge is -2.06. The Hall–Kier alpha value is -1.75. The van der Waals surface area contributed by atoms with Crippen LogP contribution in [0.3, 0.4) is 0 Å². The number of anilines is 1. The molecule has 2 rings (SSSR count). The molecule has 0 saturated carbocycles. The number of nitrogens with two attached hydrogens (primary N) is 1. The van der Waals surface area contributed by atoms with Crippen LogP contribution in [0.5, 0.6) is 5.75 Å². The molecule has 5 heteroatoms. The van der Waals surface area contributed by atoms with E-state index in [1.165, 1.54) is 0 Å². The number of rotatable bonds is 6. The maximum absolute atomic E-state index is 5.67. The molecule has 0 bridgehead atoms. The molecule has 0 spiro atoms. The predicted octanol–water partition coefficient (Wildman–Crippen LogP) is 2.62. The number of benzene rings is 1. The minimum atomic E-state index is 0.677. The van der Waals surface area contributed by atoms with E-state index in [0.717, 1.165) is 28.6 Å². The molecular formula is C13H15N3OS. The molecule has 4 nitrogen and oxygen atoms in total. The first-order chi connectivity index (χ1) is 8.84. The first kappa shape index (κ1) is 12.7. The Kier molecular flexibility index (Phi) is 4.84. The van der Waals surface area contributed by atoms with E-state index in [-0.39, 0.29) is 0 Å². The van der Waals surface area contributed by atoms with Crippen molar-refractivity contribution in [3.05, 3.63) is 42.9 Å². The molecule has 0 atom stereocenters. The Morgan fingerprint density at radius 1 is 1.28 bits per heavy atom. The molecule has 0 unspecified atom stereocenters. The topological polar surface area (TPSA) is 61.0 Å². The standard InChI is InChI=1S/C13H15N3OS/c14-11-3-1-4-12(9-11)17-7-2-8-18-13-10-15-5-6-16-13/h1,3-6,9-10H,2,7-8,14H2. The average Bonchev–Trinajstić information content (AvgIpc) is 2.40. The zero-order valence-corrected chi connectivity index (χ0v) is 10.8. The molecular weight excluding hydrogens is 246 g/mol. The first-order valence-corrected chi connectivity index (χ1v) is 6.70. The second-order valence-corrected chi connectivity index (χ2v) is 4.78. The fourth-order valence-electron chi connectivity index (χ4n) is 1.39. The number of thioether (sulfide) groups is 1. The molecule has 0 radical (unpaired) electrons. The van der Waals surface area contributed by atoms with Crippen molar-refractivity contribution < 1.29 is 4.74 Å².